The van der Waals surface area contributed by atoms with Crippen LogP contribution < -0.4 is 22.5 Å². The van der Waals surface area contributed by atoms with E-state index in [1.165, 1.54) is 16.8 Å². The van der Waals surface area contributed by atoms with Crippen LogP contribution in [0, 0.1) is 0 Å². The smallest absolute Gasteiger partial charge is 0.308 e. The predicted octanol–water partition coefficient (Wildman–Crippen LogP) is -0.735. The molecular weight excluding hydrogens is 222 g/mol. The topological polar surface area (TPSA) is 106 Å². The minimum absolute atomic E-state index is 0.269. The van der Waals surface area contributed by atoms with Crippen LogP contribution in [0.3, 0.4) is 0 Å². The molecule has 0 aromatic carbocycles. The zero-order chi connectivity index (χ0) is 12.3. The van der Waals surface area contributed by atoms with Crippen molar-refractivity contribution < 1.29 is 0 Å². The monoisotopic (exact) mass is 233 g/mol. The van der Waals surface area contributed by atoms with Crippen LogP contribution in [0.15, 0.2) is 40.1 Å². The molecule has 0 spiro atoms. The molecule has 0 aliphatic rings. The molecule has 2 rings (SSSR count). The summed E-state index contributed by atoms with van der Waals surface area (Å²) in [6.45, 7) is 0.269. The molecule has 0 aliphatic carbocycles. The number of nitrogen functional groups attached to an aromatic ring is 1. The molecule has 0 fully saturated rings. The molecule has 0 saturated heterocycles. The lowest BCUT2D eigenvalue weighted by molar-refractivity contribution is 0.705. The molecule has 7 nitrogen and oxygen atoms in total. The summed E-state index contributed by atoms with van der Waals surface area (Å²) in [6, 6.07) is 6.53. The van der Waals surface area contributed by atoms with Crippen molar-refractivity contribution in [3.05, 3.63) is 57.0 Å². The molecule has 0 atom stereocenters. The maximum atomic E-state index is 11.4. The van der Waals surface area contributed by atoms with E-state index in [0.717, 1.165) is 0 Å². The van der Waals surface area contributed by atoms with Gasteiger partial charge in [-0.1, -0.05) is 6.07 Å². The van der Waals surface area contributed by atoms with Crippen molar-refractivity contribution >= 4 is 5.82 Å². The van der Waals surface area contributed by atoms with Gasteiger partial charge in [-0.15, -0.1) is 0 Å². The number of pyridine rings is 1. The van der Waals surface area contributed by atoms with Crippen LogP contribution in [-0.2, 0) is 6.54 Å². The average molecular weight is 233 g/mol. The Morgan fingerprint density at radius 2 is 2.18 bits per heavy atom. The van der Waals surface area contributed by atoms with Gasteiger partial charge in [0.25, 0.3) is 5.56 Å². The summed E-state index contributed by atoms with van der Waals surface area (Å²) < 4.78 is 1.35. The Morgan fingerprint density at radius 1 is 1.35 bits per heavy atom. The van der Waals surface area contributed by atoms with Crippen LogP contribution in [0.1, 0.15) is 5.69 Å². The molecule has 0 radical (unpaired) electrons. The van der Waals surface area contributed by atoms with Gasteiger partial charge >= 0.3 is 5.69 Å². The standard InChI is InChI=1S/C10H11N5O2/c11-14-8-3-1-2-7(12-8)6-15-5-4-9(16)13-10(15)17/h1-5H,6,11H2,(H,12,14)(H,13,16,17). The third-order valence-electron chi connectivity index (χ3n) is 2.18. The Bertz CT molecular complexity index is 631. The SMILES string of the molecule is NNc1cccc(Cn2ccc(=O)[nH]c2=O)n1. The van der Waals surface area contributed by atoms with Crippen molar-refractivity contribution in [2.75, 3.05) is 5.43 Å². The number of rotatable bonds is 3. The first-order chi connectivity index (χ1) is 8.19. The Kier molecular flexibility index (Phi) is 3.01. The highest BCUT2D eigenvalue weighted by atomic mass is 16.2. The summed E-state index contributed by atoms with van der Waals surface area (Å²) in [5.74, 6) is 5.75. The van der Waals surface area contributed by atoms with E-state index in [-0.39, 0.29) is 6.54 Å². The molecule has 0 amide bonds. The molecule has 0 bridgehead atoms. The van der Waals surface area contributed by atoms with Crippen LogP contribution >= 0.6 is 0 Å². The van der Waals surface area contributed by atoms with E-state index in [1.54, 1.807) is 18.2 Å². The van der Waals surface area contributed by atoms with Crippen LogP contribution in [0.25, 0.3) is 0 Å². The van der Waals surface area contributed by atoms with E-state index in [9.17, 15) is 9.59 Å². The quantitative estimate of drug-likeness (QED) is 0.478. The van der Waals surface area contributed by atoms with Gasteiger partial charge in [0, 0.05) is 12.3 Å². The molecule has 2 aromatic rings. The summed E-state index contributed by atoms with van der Waals surface area (Å²) in [6.07, 6.45) is 1.42. The molecule has 0 aliphatic heterocycles. The van der Waals surface area contributed by atoms with Gasteiger partial charge in [-0.3, -0.25) is 14.3 Å². The molecular formula is C10H11N5O2. The fourth-order valence-corrected chi connectivity index (χ4v) is 1.39. The highest BCUT2D eigenvalue weighted by Crippen LogP contribution is 2.03. The van der Waals surface area contributed by atoms with Gasteiger partial charge in [0.1, 0.15) is 5.82 Å². The summed E-state index contributed by atoms with van der Waals surface area (Å²) in [5, 5.41) is 0. The Hall–Kier alpha value is -2.41. The Balaban J connectivity index is 2.31. The second-order valence-corrected chi connectivity index (χ2v) is 3.40. The largest absolute Gasteiger partial charge is 0.328 e. The second kappa shape index (κ2) is 4.62. The first-order valence-corrected chi connectivity index (χ1v) is 4.91. The van der Waals surface area contributed by atoms with Crippen LogP contribution in [0.5, 0.6) is 0 Å². The lowest BCUT2D eigenvalue weighted by atomic mass is 10.3. The van der Waals surface area contributed by atoms with E-state index < -0.39 is 11.2 Å². The third kappa shape index (κ3) is 2.58. The molecule has 17 heavy (non-hydrogen) atoms. The summed E-state index contributed by atoms with van der Waals surface area (Å²) in [5.41, 5.74) is 2.20. The van der Waals surface area contributed by atoms with Crippen LogP contribution in [0.2, 0.25) is 0 Å². The molecule has 0 saturated carbocycles. The van der Waals surface area contributed by atoms with Crippen molar-refractivity contribution in [1.29, 1.82) is 0 Å². The minimum atomic E-state index is -0.467. The Labute approximate surface area is 95.9 Å². The predicted molar refractivity (Wildman–Crippen MR) is 62.5 cm³/mol. The number of hydrazine groups is 1. The highest BCUT2D eigenvalue weighted by molar-refractivity contribution is 5.33. The number of aromatic nitrogens is 3. The molecule has 0 unspecified atom stereocenters. The van der Waals surface area contributed by atoms with Crippen molar-refractivity contribution in [3.63, 3.8) is 0 Å². The molecule has 88 valence electrons. The fraction of sp³-hybridized carbons (Fsp3) is 0.100. The van der Waals surface area contributed by atoms with Gasteiger partial charge in [-0.25, -0.2) is 15.6 Å². The first-order valence-electron chi connectivity index (χ1n) is 4.91. The first kappa shape index (κ1) is 11.1. The van der Waals surface area contributed by atoms with Gasteiger partial charge in [0.05, 0.1) is 12.2 Å². The van der Waals surface area contributed by atoms with Gasteiger partial charge in [0.2, 0.25) is 0 Å². The summed E-state index contributed by atoms with van der Waals surface area (Å²) >= 11 is 0. The van der Waals surface area contributed by atoms with Crippen molar-refractivity contribution in [3.8, 4) is 0 Å². The fourth-order valence-electron chi connectivity index (χ4n) is 1.39. The number of hydrogen-bond acceptors (Lipinski definition) is 5. The Morgan fingerprint density at radius 3 is 2.88 bits per heavy atom. The number of nitrogens with zero attached hydrogens (tertiary/aromatic N) is 2. The van der Waals surface area contributed by atoms with E-state index in [2.05, 4.69) is 15.4 Å². The normalized spacial score (nSPS) is 10.2. The average Bonchev–Trinajstić information content (AvgIpc) is 2.33. The second-order valence-electron chi connectivity index (χ2n) is 3.40. The van der Waals surface area contributed by atoms with Gasteiger partial charge in [-0.2, -0.15) is 0 Å². The maximum absolute atomic E-state index is 11.4. The number of nitrogens with two attached hydrogens (primary N) is 1. The van der Waals surface area contributed by atoms with Crippen LogP contribution in [0.4, 0.5) is 5.82 Å². The third-order valence-corrected chi connectivity index (χ3v) is 2.18. The summed E-state index contributed by atoms with van der Waals surface area (Å²) in [4.78, 5) is 28.7. The van der Waals surface area contributed by atoms with Gasteiger partial charge < -0.3 is 5.43 Å². The van der Waals surface area contributed by atoms with Gasteiger partial charge in [-0.05, 0) is 12.1 Å². The summed E-state index contributed by atoms with van der Waals surface area (Å²) in [7, 11) is 0. The zero-order valence-corrected chi connectivity index (χ0v) is 8.88. The molecule has 4 N–H and O–H groups in total. The number of nitrogens with one attached hydrogen (secondary N) is 2. The highest BCUT2D eigenvalue weighted by Gasteiger charge is 2.00. The van der Waals surface area contributed by atoms with E-state index in [1.807, 2.05) is 0 Å². The van der Waals surface area contributed by atoms with Crippen molar-refractivity contribution in [2.24, 2.45) is 5.84 Å². The number of H-pyrrole nitrogens is 1. The lowest BCUT2D eigenvalue weighted by Gasteiger charge is -2.05. The van der Waals surface area contributed by atoms with E-state index in [4.69, 9.17) is 5.84 Å². The van der Waals surface area contributed by atoms with E-state index in [0.29, 0.717) is 11.5 Å². The zero-order valence-electron chi connectivity index (χ0n) is 8.88. The van der Waals surface area contributed by atoms with E-state index >= 15 is 0 Å². The molecule has 2 heterocycles. The van der Waals surface area contributed by atoms with Crippen molar-refractivity contribution in [1.82, 2.24) is 14.5 Å². The van der Waals surface area contributed by atoms with Crippen molar-refractivity contribution in [2.45, 2.75) is 6.54 Å². The lowest BCUT2D eigenvalue weighted by Crippen LogP contribution is -2.29. The van der Waals surface area contributed by atoms with Crippen LogP contribution in [-0.4, -0.2) is 14.5 Å². The number of aromatic amines is 1. The number of hydrogen-bond donors (Lipinski definition) is 3. The minimum Gasteiger partial charge on any atom is -0.308 e. The number of anilines is 1. The van der Waals surface area contributed by atoms with Gasteiger partial charge in [0.15, 0.2) is 0 Å². The maximum Gasteiger partial charge on any atom is 0.328 e. The molecule has 2 aromatic heterocycles. The molecule has 7 heteroatoms.